The van der Waals surface area contributed by atoms with Crippen molar-refractivity contribution in [1.29, 1.82) is 0 Å². The summed E-state index contributed by atoms with van der Waals surface area (Å²) >= 11 is 0. The standard InChI is InChI=1S/C11H24N4O/c1-14(2)6-4-8-15-7-3-5-10(9-15)11(12)13-16/h10,16H,3-9H2,1-2H3,(H2,12,13). The first-order valence-electron chi connectivity index (χ1n) is 5.98. The number of piperidine rings is 1. The summed E-state index contributed by atoms with van der Waals surface area (Å²) < 4.78 is 0. The molecule has 1 atom stereocenters. The zero-order valence-electron chi connectivity index (χ0n) is 10.4. The fourth-order valence-corrected chi connectivity index (χ4v) is 2.19. The maximum absolute atomic E-state index is 8.66. The molecule has 1 aliphatic heterocycles. The van der Waals surface area contributed by atoms with E-state index in [1.807, 2.05) is 0 Å². The van der Waals surface area contributed by atoms with E-state index in [4.69, 9.17) is 10.9 Å². The van der Waals surface area contributed by atoms with Gasteiger partial charge in [0.05, 0.1) is 0 Å². The van der Waals surface area contributed by atoms with Crippen LogP contribution in [0.5, 0.6) is 0 Å². The van der Waals surface area contributed by atoms with Gasteiger partial charge in [0, 0.05) is 12.5 Å². The predicted molar refractivity (Wildman–Crippen MR) is 65.7 cm³/mol. The number of nitrogens with zero attached hydrogens (tertiary/aromatic N) is 3. The average molecular weight is 228 g/mol. The lowest BCUT2D eigenvalue weighted by molar-refractivity contribution is 0.192. The third-order valence-corrected chi connectivity index (χ3v) is 3.12. The topological polar surface area (TPSA) is 65.1 Å². The number of likely N-dealkylation sites (tertiary alicyclic amines) is 1. The van der Waals surface area contributed by atoms with Crippen molar-refractivity contribution >= 4 is 5.84 Å². The molecule has 1 saturated heterocycles. The van der Waals surface area contributed by atoms with Crippen LogP contribution in [0.1, 0.15) is 19.3 Å². The third kappa shape index (κ3) is 4.37. The second kappa shape index (κ2) is 6.70. The zero-order valence-corrected chi connectivity index (χ0v) is 10.4. The SMILES string of the molecule is CN(C)CCCN1CCCC(C(N)=NO)C1. The molecule has 1 heterocycles. The molecule has 0 saturated carbocycles. The Morgan fingerprint density at radius 2 is 2.31 bits per heavy atom. The lowest BCUT2D eigenvalue weighted by Gasteiger charge is -2.32. The normalized spacial score (nSPS) is 23.9. The van der Waals surface area contributed by atoms with Crippen molar-refractivity contribution in [2.75, 3.05) is 40.3 Å². The van der Waals surface area contributed by atoms with Gasteiger partial charge < -0.3 is 20.7 Å². The van der Waals surface area contributed by atoms with Crippen molar-refractivity contribution in [1.82, 2.24) is 9.80 Å². The molecule has 1 aliphatic rings. The van der Waals surface area contributed by atoms with Gasteiger partial charge in [-0.25, -0.2) is 0 Å². The van der Waals surface area contributed by atoms with Crippen molar-refractivity contribution in [2.45, 2.75) is 19.3 Å². The number of amidine groups is 1. The minimum Gasteiger partial charge on any atom is -0.409 e. The lowest BCUT2D eigenvalue weighted by atomic mass is 9.97. The number of rotatable bonds is 5. The number of hydrogen-bond donors (Lipinski definition) is 2. The first-order chi connectivity index (χ1) is 7.63. The second-order valence-corrected chi connectivity index (χ2v) is 4.82. The summed E-state index contributed by atoms with van der Waals surface area (Å²) in [5.74, 6) is 0.621. The molecule has 0 aromatic carbocycles. The van der Waals surface area contributed by atoms with Crippen LogP contribution in [-0.2, 0) is 0 Å². The molecule has 0 bridgehead atoms. The highest BCUT2D eigenvalue weighted by Gasteiger charge is 2.22. The van der Waals surface area contributed by atoms with Gasteiger partial charge in [0.25, 0.3) is 0 Å². The third-order valence-electron chi connectivity index (χ3n) is 3.12. The first-order valence-corrected chi connectivity index (χ1v) is 5.98. The Morgan fingerprint density at radius 3 is 2.94 bits per heavy atom. The molecule has 5 heteroatoms. The molecule has 1 fully saturated rings. The number of hydrogen-bond acceptors (Lipinski definition) is 4. The highest BCUT2D eigenvalue weighted by molar-refractivity contribution is 5.82. The van der Waals surface area contributed by atoms with Crippen LogP contribution in [-0.4, -0.2) is 61.1 Å². The Labute approximate surface area is 97.9 Å². The molecular formula is C11H24N4O. The highest BCUT2D eigenvalue weighted by Crippen LogP contribution is 2.16. The molecule has 3 N–H and O–H groups in total. The fraction of sp³-hybridized carbons (Fsp3) is 0.909. The van der Waals surface area contributed by atoms with Gasteiger partial charge in [-0.3, -0.25) is 0 Å². The van der Waals surface area contributed by atoms with E-state index in [0.717, 1.165) is 39.0 Å². The van der Waals surface area contributed by atoms with Gasteiger partial charge in [-0.1, -0.05) is 5.16 Å². The van der Waals surface area contributed by atoms with E-state index in [1.165, 1.54) is 6.42 Å². The van der Waals surface area contributed by atoms with Crippen molar-refractivity contribution in [3.05, 3.63) is 0 Å². The van der Waals surface area contributed by atoms with Crippen molar-refractivity contribution in [2.24, 2.45) is 16.8 Å². The van der Waals surface area contributed by atoms with E-state index in [2.05, 4.69) is 29.1 Å². The highest BCUT2D eigenvalue weighted by atomic mass is 16.4. The van der Waals surface area contributed by atoms with Crippen LogP contribution >= 0.6 is 0 Å². The largest absolute Gasteiger partial charge is 0.409 e. The molecule has 0 aliphatic carbocycles. The molecule has 1 rings (SSSR count). The minimum absolute atomic E-state index is 0.234. The summed E-state index contributed by atoms with van der Waals surface area (Å²) in [6, 6.07) is 0. The smallest absolute Gasteiger partial charge is 0.143 e. The maximum atomic E-state index is 8.66. The average Bonchev–Trinajstić information content (AvgIpc) is 2.28. The van der Waals surface area contributed by atoms with E-state index in [-0.39, 0.29) is 5.92 Å². The summed E-state index contributed by atoms with van der Waals surface area (Å²) in [5, 5.41) is 11.8. The van der Waals surface area contributed by atoms with Crippen molar-refractivity contribution in [3.8, 4) is 0 Å². The molecular weight excluding hydrogens is 204 g/mol. The van der Waals surface area contributed by atoms with Gasteiger partial charge in [-0.2, -0.15) is 0 Å². The Morgan fingerprint density at radius 1 is 1.56 bits per heavy atom. The monoisotopic (exact) mass is 228 g/mol. The van der Waals surface area contributed by atoms with Crippen LogP contribution in [0.15, 0.2) is 5.16 Å². The molecule has 0 spiro atoms. The van der Waals surface area contributed by atoms with Gasteiger partial charge in [-0.15, -0.1) is 0 Å². The second-order valence-electron chi connectivity index (χ2n) is 4.82. The summed E-state index contributed by atoms with van der Waals surface area (Å²) in [7, 11) is 4.19. The molecule has 94 valence electrons. The van der Waals surface area contributed by atoms with E-state index in [9.17, 15) is 0 Å². The summed E-state index contributed by atoms with van der Waals surface area (Å²) in [6.07, 6.45) is 3.36. The maximum Gasteiger partial charge on any atom is 0.143 e. The fourth-order valence-electron chi connectivity index (χ4n) is 2.19. The van der Waals surface area contributed by atoms with Crippen LogP contribution in [0.2, 0.25) is 0 Å². The van der Waals surface area contributed by atoms with E-state index in [0.29, 0.717) is 5.84 Å². The van der Waals surface area contributed by atoms with E-state index >= 15 is 0 Å². The van der Waals surface area contributed by atoms with Gasteiger partial charge >= 0.3 is 0 Å². The van der Waals surface area contributed by atoms with E-state index < -0.39 is 0 Å². The summed E-state index contributed by atoms with van der Waals surface area (Å²) in [5.41, 5.74) is 5.65. The molecule has 0 aromatic heterocycles. The van der Waals surface area contributed by atoms with Crippen LogP contribution in [0.3, 0.4) is 0 Å². The Hall–Kier alpha value is -0.810. The molecule has 0 amide bonds. The van der Waals surface area contributed by atoms with Crippen LogP contribution in [0.25, 0.3) is 0 Å². The summed E-state index contributed by atoms with van der Waals surface area (Å²) in [6.45, 7) is 4.30. The molecule has 5 nitrogen and oxygen atoms in total. The lowest BCUT2D eigenvalue weighted by Crippen LogP contribution is -2.42. The van der Waals surface area contributed by atoms with Crippen LogP contribution in [0, 0.1) is 5.92 Å². The molecule has 1 unspecified atom stereocenters. The Kier molecular flexibility index (Phi) is 5.55. The molecule has 16 heavy (non-hydrogen) atoms. The molecule has 0 radical (unpaired) electrons. The van der Waals surface area contributed by atoms with Crippen LogP contribution in [0.4, 0.5) is 0 Å². The Bertz CT molecular complexity index is 230. The number of nitrogens with two attached hydrogens (primary N) is 1. The number of oxime groups is 1. The van der Waals surface area contributed by atoms with Gasteiger partial charge in [0.15, 0.2) is 0 Å². The van der Waals surface area contributed by atoms with Gasteiger partial charge in [0.1, 0.15) is 5.84 Å². The predicted octanol–water partition coefficient (Wildman–Crippen LogP) is 0.397. The Balaban J connectivity index is 2.28. The van der Waals surface area contributed by atoms with E-state index in [1.54, 1.807) is 0 Å². The van der Waals surface area contributed by atoms with Gasteiger partial charge in [0.2, 0.25) is 0 Å². The summed E-state index contributed by atoms with van der Waals surface area (Å²) in [4.78, 5) is 4.61. The van der Waals surface area contributed by atoms with Gasteiger partial charge in [-0.05, 0) is 53.0 Å². The zero-order chi connectivity index (χ0) is 12.0. The van der Waals surface area contributed by atoms with Crippen LogP contribution < -0.4 is 5.73 Å². The first kappa shape index (κ1) is 13.3. The quantitative estimate of drug-likeness (QED) is 0.309. The minimum atomic E-state index is 0.234. The van der Waals surface area contributed by atoms with Crippen molar-refractivity contribution in [3.63, 3.8) is 0 Å². The molecule has 0 aromatic rings. The van der Waals surface area contributed by atoms with Crippen molar-refractivity contribution < 1.29 is 5.21 Å².